The first-order valence-electron chi connectivity index (χ1n) is 10.4. The van der Waals surface area contributed by atoms with Crippen LogP contribution >= 0.6 is 23.6 Å². The van der Waals surface area contributed by atoms with E-state index < -0.39 is 6.04 Å². The second kappa shape index (κ2) is 11.2. The molecule has 1 aliphatic rings. The Hall–Kier alpha value is -2.52. The van der Waals surface area contributed by atoms with Crippen LogP contribution in [0, 0.1) is 11.7 Å². The Morgan fingerprint density at radius 3 is 2.55 bits per heavy atom. The molecule has 3 rings (SSSR count). The molecule has 0 saturated carbocycles. The molecule has 0 radical (unpaired) electrons. The van der Waals surface area contributed by atoms with Crippen LogP contribution in [0.2, 0.25) is 0 Å². The summed E-state index contributed by atoms with van der Waals surface area (Å²) in [4.78, 5) is 28.0. The van der Waals surface area contributed by atoms with Crippen molar-refractivity contribution in [2.75, 3.05) is 25.0 Å². The zero-order valence-electron chi connectivity index (χ0n) is 17.4. The van der Waals surface area contributed by atoms with Crippen molar-refractivity contribution in [2.24, 2.45) is 5.92 Å². The summed E-state index contributed by atoms with van der Waals surface area (Å²) in [6.45, 7) is 3.91. The average Bonchev–Trinajstić information content (AvgIpc) is 3.32. The molecule has 3 N–H and O–H groups in total. The summed E-state index contributed by atoms with van der Waals surface area (Å²) in [7, 11) is 0. The highest BCUT2D eigenvalue weighted by Crippen LogP contribution is 2.23. The van der Waals surface area contributed by atoms with Crippen molar-refractivity contribution in [3.8, 4) is 0 Å². The highest BCUT2D eigenvalue weighted by Gasteiger charge is 2.33. The maximum Gasteiger partial charge on any atom is 0.262 e. The van der Waals surface area contributed by atoms with Gasteiger partial charge in [-0.2, -0.15) is 0 Å². The fourth-order valence-corrected chi connectivity index (χ4v) is 4.47. The number of rotatable bonds is 7. The molecule has 1 aromatic carbocycles. The molecule has 1 aliphatic heterocycles. The third-order valence-corrected chi connectivity index (χ3v) is 6.49. The van der Waals surface area contributed by atoms with Gasteiger partial charge in [0.15, 0.2) is 5.11 Å². The molecule has 0 bridgehead atoms. The largest absolute Gasteiger partial charge is 0.354 e. The summed E-state index contributed by atoms with van der Waals surface area (Å²) in [5.74, 6) is -0.639. The van der Waals surface area contributed by atoms with Crippen LogP contribution in [-0.2, 0) is 4.79 Å². The Bertz CT molecular complexity index is 881. The number of carbonyl (C=O) groups is 2. The van der Waals surface area contributed by atoms with Crippen LogP contribution in [0.4, 0.5) is 10.1 Å². The summed E-state index contributed by atoms with van der Waals surface area (Å²) >= 11 is 6.85. The van der Waals surface area contributed by atoms with E-state index in [0.717, 1.165) is 24.9 Å². The lowest BCUT2D eigenvalue weighted by atomic mass is 9.88. The highest BCUT2D eigenvalue weighted by atomic mass is 32.1. The first-order valence-corrected chi connectivity index (χ1v) is 11.7. The smallest absolute Gasteiger partial charge is 0.262 e. The molecule has 1 atom stereocenters. The number of piperidine rings is 1. The number of benzene rings is 1. The van der Waals surface area contributed by atoms with Crippen molar-refractivity contribution < 1.29 is 14.0 Å². The minimum Gasteiger partial charge on any atom is -0.354 e. The number of hydrogen-bond donors (Lipinski definition) is 3. The molecule has 0 aliphatic carbocycles. The van der Waals surface area contributed by atoms with Crippen LogP contribution in [0.25, 0.3) is 0 Å². The van der Waals surface area contributed by atoms with Crippen LogP contribution in [0.15, 0.2) is 41.8 Å². The minimum absolute atomic E-state index is 0.0191. The van der Waals surface area contributed by atoms with Crippen LogP contribution in [-0.4, -0.2) is 47.5 Å². The monoisotopic (exact) mass is 462 g/mol. The van der Waals surface area contributed by atoms with Crippen molar-refractivity contribution in [1.29, 1.82) is 0 Å². The standard InChI is InChI=1S/C22H27FN4O2S2/c1-2-11-24-21(29)19(26-20(28)18-4-3-14-31-18)15-9-12-27(13-10-15)22(30)25-17-7-5-16(23)6-8-17/h3-8,14-15,19H,2,9-13H2,1H3,(H,24,29)(H,25,30)(H,26,28)/t19-/m0/s1. The molecule has 1 saturated heterocycles. The third-order valence-electron chi connectivity index (χ3n) is 5.26. The zero-order valence-corrected chi connectivity index (χ0v) is 19.0. The summed E-state index contributed by atoms with van der Waals surface area (Å²) in [5.41, 5.74) is 0.730. The maximum atomic E-state index is 13.1. The lowest BCUT2D eigenvalue weighted by Gasteiger charge is -2.37. The van der Waals surface area contributed by atoms with E-state index in [4.69, 9.17) is 12.2 Å². The van der Waals surface area contributed by atoms with Crippen molar-refractivity contribution in [1.82, 2.24) is 15.5 Å². The number of nitrogens with zero attached hydrogens (tertiary/aromatic N) is 1. The third kappa shape index (κ3) is 6.48. The van der Waals surface area contributed by atoms with E-state index in [2.05, 4.69) is 16.0 Å². The molecule has 2 aromatic rings. The fourth-order valence-electron chi connectivity index (χ4n) is 3.55. The minimum atomic E-state index is -0.582. The quantitative estimate of drug-likeness (QED) is 0.548. The summed E-state index contributed by atoms with van der Waals surface area (Å²) < 4.78 is 13.1. The number of halogens is 1. The van der Waals surface area contributed by atoms with Gasteiger partial charge < -0.3 is 20.9 Å². The van der Waals surface area contributed by atoms with Crippen LogP contribution < -0.4 is 16.0 Å². The second-order valence-electron chi connectivity index (χ2n) is 7.48. The summed E-state index contributed by atoms with van der Waals surface area (Å²) in [6, 6.07) is 9.04. The van der Waals surface area contributed by atoms with E-state index in [1.54, 1.807) is 18.2 Å². The van der Waals surface area contributed by atoms with Crippen molar-refractivity contribution in [3.63, 3.8) is 0 Å². The second-order valence-corrected chi connectivity index (χ2v) is 8.82. The highest BCUT2D eigenvalue weighted by molar-refractivity contribution is 7.80. The fraction of sp³-hybridized carbons (Fsp3) is 0.409. The Morgan fingerprint density at radius 2 is 1.94 bits per heavy atom. The molecule has 9 heteroatoms. The first-order chi connectivity index (χ1) is 15.0. The van der Waals surface area contributed by atoms with E-state index in [-0.39, 0.29) is 23.5 Å². The predicted octanol–water partition coefficient (Wildman–Crippen LogP) is 3.62. The Morgan fingerprint density at radius 1 is 1.23 bits per heavy atom. The Labute approximate surface area is 191 Å². The number of amides is 2. The number of carbonyl (C=O) groups excluding carboxylic acids is 2. The maximum absolute atomic E-state index is 13.1. The summed E-state index contributed by atoms with van der Waals surface area (Å²) in [5, 5.41) is 11.4. The van der Waals surface area contributed by atoms with E-state index >= 15 is 0 Å². The molecule has 2 amide bonds. The van der Waals surface area contributed by atoms with E-state index in [0.29, 0.717) is 29.6 Å². The molecule has 2 heterocycles. The molecule has 0 unspecified atom stereocenters. The molecular weight excluding hydrogens is 435 g/mol. The van der Waals surface area contributed by atoms with Gasteiger partial charge in [0.2, 0.25) is 5.91 Å². The molecule has 31 heavy (non-hydrogen) atoms. The van der Waals surface area contributed by atoms with Gasteiger partial charge in [0.05, 0.1) is 4.88 Å². The van der Waals surface area contributed by atoms with Gasteiger partial charge in [0, 0.05) is 25.3 Å². The van der Waals surface area contributed by atoms with Crippen molar-refractivity contribution in [3.05, 3.63) is 52.5 Å². The normalized spacial score (nSPS) is 15.2. The number of anilines is 1. The van der Waals surface area contributed by atoms with Gasteiger partial charge in [0.25, 0.3) is 5.91 Å². The lowest BCUT2D eigenvalue weighted by molar-refractivity contribution is -0.124. The summed E-state index contributed by atoms with van der Waals surface area (Å²) in [6.07, 6.45) is 2.28. The van der Waals surface area contributed by atoms with Gasteiger partial charge in [-0.15, -0.1) is 11.3 Å². The Balaban J connectivity index is 1.59. The zero-order chi connectivity index (χ0) is 22.2. The first kappa shape index (κ1) is 23.1. The predicted molar refractivity (Wildman–Crippen MR) is 126 cm³/mol. The number of hydrogen-bond acceptors (Lipinski definition) is 4. The van der Waals surface area contributed by atoms with E-state index in [9.17, 15) is 14.0 Å². The van der Waals surface area contributed by atoms with Crippen LogP contribution in [0.1, 0.15) is 35.9 Å². The van der Waals surface area contributed by atoms with Crippen LogP contribution in [0.3, 0.4) is 0 Å². The van der Waals surface area contributed by atoms with E-state index in [1.807, 2.05) is 23.3 Å². The number of nitrogens with one attached hydrogen (secondary N) is 3. The van der Waals surface area contributed by atoms with Gasteiger partial charge >= 0.3 is 0 Å². The molecule has 166 valence electrons. The molecule has 1 fully saturated rings. The van der Waals surface area contributed by atoms with E-state index in [1.165, 1.54) is 23.5 Å². The number of likely N-dealkylation sites (tertiary alicyclic amines) is 1. The lowest BCUT2D eigenvalue weighted by Crippen LogP contribution is -2.54. The number of thiocarbonyl (C=S) groups is 1. The van der Waals surface area contributed by atoms with Crippen molar-refractivity contribution >= 4 is 46.2 Å². The van der Waals surface area contributed by atoms with Gasteiger partial charge in [-0.25, -0.2) is 4.39 Å². The van der Waals surface area contributed by atoms with Gasteiger partial charge in [-0.1, -0.05) is 13.0 Å². The molecule has 0 spiro atoms. The van der Waals surface area contributed by atoms with Crippen LogP contribution in [0.5, 0.6) is 0 Å². The molecule has 6 nitrogen and oxygen atoms in total. The number of thiophene rings is 1. The van der Waals surface area contributed by atoms with Crippen molar-refractivity contribution in [2.45, 2.75) is 32.2 Å². The molecule has 1 aromatic heterocycles. The average molecular weight is 463 g/mol. The van der Waals surface area contributed by atoms with Gasteiger partial charge in [-0.3, -0.25) is 9.59 Å². The van der Waals surface area contributed by atoms with Gasteiger partial charge in [-0.05, 0) is 73.1 Å². The Kier molecular flexibility index (Phi) is 8.36. The SMILES string of the molecule is CCCNC(=O)[C@@H](NC(=O)c1cccs1)C1CCN(C(=S)Nc2ccc(F)cc2)CC1. The van der Waals surface area contributed by atoms with Gasteiger partial charge in [0.1, 0.15) is 11.9 Å². The molecular formula is C22H27FN4O2S2. The topological polar surface area (TPSA) is 73.5 Å².